The van der Waals surface area contributed by atoms with Crippen molar-refractivity contribution in [3.8, 4) is 0 Å². The normalized spacial score (nSPS) is 23.0. The van der Waals surface area contributed by atoms with Crippen molar-refractivity contribution in [1.29, 1.82) is 0 Å². The van der Waals surface area contributed by atoms with Crippen molar-refractivity contribution in [2.24, 2.45) is 16.7 Å². The van der Waals surface area contributed by atoms with Gasteiger partial charge in [-0.1, -0.05) is 39.8 Å². The minimum Gasteiger partial charge on any atom is -0.356 e. The van der Waals surface area contributed by atoms with Gasteiger partial charge in [0.05, 0.1) is 0 Å². The van der Waals surface area contributed by atoms with E-state index in [0.29, 0.717) is 0 Å². The minimum atomic E-state index is 0.150. The molecule has 1 aliphatic rings. The molecule has 0 aromatic rings. The van der Waals surface area contributed by atoms with Gasteiger partial charge in [0, 0.05) is 12.5 Å². The lowest BCUT2D eigenvalue weighted by Gasteiger charge is -2.04. The Balaban J connectivity index is 2.38. The number of allylic oxidation sites excluding steroid dienone is 1. The molecule has 0 aromatic heterocycles. The SMILES string of the molecule is C/C=C/CCNC(=O)C1C(C)(C)C1(C)C. The van der Waals surface area contributed by atoms with E-state index in [4.69, 9.17) is 0 Å². The first kappa shape index (κ1) is 12.3. The lowest BCUT2D eigenvalue weighted by molar-refractivity contribution is -0.123. The zero-order chi connectivity index (χ0) is 11.7. The summed E-state index contributed by atoms with van der Waals surface area (Å²) >= 11 is 0. The van der Waals surface area contributed by atoms with E-state index < -0.39 is 0 Å². The van der Waals surface area contributed by atoms with Gasteiger partial charge in [0.1, 0.15) is 0 Å². The Bertz CT molecular complexity index is 262. The molecule has 1 aliphatic carbocycles. The van der Waals surface area contributed by atoms with Gasteiger partial charge in [0.15, 0.2) is 0 Å². The second-order valence-corrected chi connectivity index (χ2v) is 5.53. The molecule has 1 rings (SSSR count). The van der Waals surface area contributed by atoms with Crippen LogP contribution in [0.25, 0.3) is 0 Å². The third-order valence-electron chi connectivity index (χ3n) is 4.13. The van der Waals surface area contributed by atoms with Gasteiger partial charge in [-0.2, -0.15) is 0 Å². The van der Waals surface area contributed by atoms with E-state index in [1.54, 1.807) is 0 Å². The maximum absolute atomic E-state index is 11.9. The molecule has 0 spiro atoms. The third-order valence-corrected chi connectivity index (χ3v) is 4.13. The van der Waals surface area contributed by atoms with Gasteiger partial charge in [0.25, 0.3) is 0 Å². The summed E-state index contributed by atoms with van der Waals surface area (Å²) in [6.07, 6.45) is 5.01. The molecule has 0 saturated heterocycles. The van der Waals surface area contributed by atoms with Gasteiger partial charge in [-0.15, -0.1) is 0 Å². The molecule has 1 amide bonds. The summed E-state index contributed by atoms with van der Waals surface area (Å²) in [4.78, 5) is 11.9. The van der Waals surface area contributed by atoms with Gasteiger partial charge in [-0.3, -0.25) is 4.79 Å². The summed E-state index contributed by atoms with van der Waals surface area (Å²) in [5, 5.41) is 3.00. The fraction of sp³-hybridized carbons (Fsp3) is 0.769. The Labute approximate surface area is 93.1 Å². The maximum atomic E-state index is 11.9. The number of hydrogen-bond acceptors (Lipinski definition) is 1. The Morgan fingerprint density at radius 3 is 2.20 bits per heavy atom. The van der Waals surface area contributed by atoms with Crippen molar-refractivity contribution in [2.75, 3.05) is 6.54 Å². The number of hydrogen-bond donors (Lipinski definition) is 1. The van der Waals surface area contributed by atoms with Crippen LogP contribution in [-0.2, 0) is 4.79 Å². The smallest absolute Gasteiger partial charge is 0.224 e. The van der Waals surface area contributed by atoms with E-state index in [-0.39, 0.29) is 22.7 Å². The van der Waals surface area contributed by atoms with E-state index >= 15 is 0 Å². The highest BCUT2D eigenvalue weighted by molar-refractivity contribution is 5.84. The Hall–Kier alpha value is -0.790. The lowest BCUT2D eigenvalue weighted by atomic mass is 10.0. The Morgan fingerprint density at radius 1 is 1.27 bits per heavy atom. The number of carbonyl (C=O) groups is 1. The molecule has 1 saturated carbocycles. The number of carbonyl (C=O) groups excluding carboxylic acids is 1. The molecule has 15 heavy (non-hydrogen) atoms. The van der Waals surface area contributed by atoms with E-state index in [9.17, 15) is 4.79 Å². The monoisotopic (exact) mass is 209 g/mol. The van der Waals surface area contributed by atoms with Crippen LogP contribution in [0.15, 0.2) is 12.2 Å². The maximum Gasteiger partial charge on any atom is 0.224 e. The molecule has 1 N–H and O–H groups in total. The topological polar surface area (TPSA) is 29.1 Å². The van der Waals surface area contributed by atoms with E-state index in [2.05, 4.69) is 39.1 Å². The molecule has 86 valence electrons. The summed E-state index contributed by atoms with van der Waals surface area (Å²) < 4.78 is 0. The Kier molecular flexibility index (Phi) is 3.27. The lowest BCUT2D eigenvalue weighted by Crippen LogP contribution is -2.28. The van der Waals surface area contributed by atoms with Crippen LogP contribution >= 0.6 is 0 Å². The molecule has 1 fully saturated rings. The third kappa shape index (κ3) is 2.09. The number of nitrogens with one attached hydrogen (secondary N) is 1. The highest BCUT2D eigenvalue weighted by atomic mass is 16.2. The second-order valence-electron chi connectivity index (χ2n) is 5.53. The molecule has 0 heterocycles. The summed E-state index contributed by atoms with van der Waals surface area (Å²) in [5.41, 5.74) is 0.301. The first-order valence-corrected chi connectivity index (χ1v) is 5.74. The fourth-order valence-electron chi connectivity index (χ4n) is 2.40. The Morgan fingerprint density at radius 2 is 1.80 bits per heavy atom. The molecular formula is C13H23NO. The van der Waals surface area contributed by atoms with Crippen molar-refractivity contribution in [1.82, 2.24) is 5.32 Å². The average Bonchev–Trinajstić information content (AvgIpc) is 2.51. The molecule has 0 radical (unpaired) electrons. The zero-order valence-electron chi connectivity index (χ0n) is 10.6. The van der Waals surface area contributed by atoms with Crippen molar-refractivity contribution >= 4 is 5.91 Å². The van der Waals surface area contributed by atoms with Crippen LogP contribution in [0.5, 0.6) is 0 Å². The van der Waals surface area contributed by atoms with Crippen LogP contribution in [0.3, 0.4) is 0 Å². The van der Waals surface area contributed by atoms with E-state index in [0.717, 1.165) is 13.0 Å². The van der Waals surface area contributed by atoms with Crippen LogP contribution in [0.2, 0.25) is 0 Å². The molecule has 2 nitrogen and oxygen atoms in total. The number of amides is 1. The standard InChI is InChI=1S/C13H23NO/c1-6-7-8-9-14-11(15)10-12(2,3)13(10,4)5/h6-7,10H,8-9H2,1-5H3,(H,14,15)/b7-6+. The van der Waals surface area contributed by atoms with Gasteiger partial charge >= 0.3 is 0 Å². The highest BCUT2D eigenvalue weighted by Crippen LogP contribution is 2.68. The predicted octanol–water partition coefficient (Wildman–Crippen LogP) is 2.75. The van der Waals surface area contributed by atoms with Crippen LogP contribution in [-0.4, -0.2) is 12.5 Å². The largest absolute Gasteiger partial charge is 0.356 e. The summed E-state index contributed by atoms with van der Waals surface area (Å²) in [7, 11) is 0. The molecular weight excluding hydrogens is 186 g/mol. The summed E-state index contributed by atoms with van der Waals surface area (Å²) in [6.45, 7) is 11.4. The van der Waals surface area contributed by atoms with Crippen LogP contribution in [0.1, 0.15) is 41.0 Å². The predicted molar refractivity (Wildman–Crippen MR) is 63.5 cm³/mol. The van der Waals surface area contributed by atoms with Crippen molar-refractivity contribution < 1.29 is 4.79 Å². The molecule has 0 aromatic carbocycles. The average molecular weight is 209 g/mol. The summed E-state index contributed by atoms with van der Waals surface area (Å²) in [6, 6.07) is 0. The molecule has 0 bridgehead atoms. The van der Waals surface area contributed by atoms with E-state index in [1.807, 2.05) is 13.0 Å². The van der Waals surface area contributed by atoms with Crippen molar-refractivity contribution in [3.63, 3.8) is 0 Å². The van der Waals surface area contributed by atoms with Crippen molar-refractivity contribution in [2.45, 2.75) is 41.0 Å². The van der Waals surface area contributed by atoms with Gasteiger partial charge in [0.2, 0.25) is 5.91 Å². The van der Waals surface area contributed by atoms with Gasteiger partial charge in [-0.05, 0) is 24.2 Å². The van der Waals surface area contributed by atoms with Gasteiger partial charge < -0.3 is 5.32 Å². The summed E-state index contributed by atoms with van der Waals surface area (Å²) in [5.74, 6) is 0.394. The molecule has 0 aliphatic heterocycles. The fourth-order valence-corrected chi connectivity index (χ4v) is 2.40. The first-order chi connectivity index (χ1) is 6.85. The van der Waals surface area contributed by atoms with Crippen LogP contribution in [0, 0.1) is 16.7 Å². The van der Waals surface area contributed by atoms with Gasteiger partial charge in [-0.25, -0.2) is 0 Å². The second kappa shape index (κ2) is 3.99. The highest BCUT2D eigenvalue weighted by Gasteiger charge is 2.68. The first-order valence-electron chi connectivity index (χ1n) is 5.74. The molecule has 0 unspecified atom stereocenters. The van der Waals surface area contributed by atoms with E-state index in [1.165, 1.54) is 0 Å². The van der Waals surface area contributed by atoms with Crippen LogP contribution < -0.4 is 5.32 Å². The van der Waals surface area contributed by atoms with Crippen LogP contribution in [0.4, 0.5) is 0 Å². The number of rotatable bonds is 4. The zero-order valence-corrected chi connectivity index (χ0v) is 10.6. The minimum absolute atomic E-state index is 0.150. The molecule has 0 atom stereocenters. The molecule has 2 heteroatoms. The van der Waals surface area contributed by atoms with Crippen molar-refractivity contribution in [3.05, 3.63) is 12.2 Å². The quantitative estimate of drug-likeness (QED) is 0.560.